The van der Waals surface area contributed by atoms with Gasteiger partial charge in [-0.2, -0.15) is 0 Å². The van der Waals surface area contributed by atoms with E-state index in [9.17, 15) is 17.7 Å². The Labute approximate surface area is 208 Å². The van der Waals surface area contributed by atoms with Crippen molar-refractivity contribution < 1.29 is 22.5 Å². The van der Waals surface area contributed by atoms with Gasteiger partial charge in [0, 0.05) is 44.3 Å². The number of piperazine rings is 1. The monoisotopic (exact) mass is 494 g/mol. The molecule has 1 aliphatic carbocycles. The van der Waals surface area contributed by atoms with Crippen LogP contribution in [0, 0.1) is 6.92 Å². The van der Waals surface area contributed by atoms with E-state index in [0.29, 0.717) is 37.4 Å². The van der Waals surface area contributed by atoms with Crippen LogP contribution in [0.2, 0.25) is 0 Å². The molecule has 2 aliphatic rings. The summed E-state index contributed by atoms with van der Waals surface area (Å²) in [6.45, 7) is -0.921. The Balaban J connectivity index is 1.29. The first-order chi connectivity index (χ1) is 17.3. The zero-order valence-corrected chi connectivity index (χ0v) is 20.1. The number of benzene rings is 3. The fraction of sp³-hybridized carbons (Fsp3) is 0.296. The first-order valence-electron chi connectivity index (χ1n) is 12.2. The number of nitrogens with zero attached hydrogens (tertiary/aromatic N) is 1. The topological polar surface area (TPSA) is 53.6 Å². The van der Waals surface area contributed by atoms with Crippen molar-refractivity contribution >= 4 is 24.2 Å². The molecule has 0 atom stereocenters. The average molecular weight is 494 g/mol. The van der Waals surface area contributed by atoms with Gasteiger partial charge >= 0.3 is 13.1 Å². The normalized spacial score (nSPS) is 15.4. The maximum absolute atomic E-state index is 13.8. The molecule has 188 valence electrons. The number of nitrogens with one attached hydrogen (secondary N) is 2. The molecule has 36 heavy (non-hydrogen) atoms. The number of amides is 1. The number of hydrogen-bond donors (Lipinski definition) is 2. The zero-order valence-electron chi connectivity index (χ0n) is 20.1. The highest BCUT2D eigenvalue weighted by Gasteiger charge is 2.31. The van der Waals surface area contributed by atoms with E-state index in [1.807, 2.05) is 41.3 Å². The molecule has 1 heterocycles. The Morgan fingerprint density at radius 3 is 2.25 bits per heavy atom. The van der Waals surface area contributed by atoms with Crippen LogP contribution < -0.4 is 21.0 Å². The third-order valence-corrected chi connectivity index (χ3v) is 7.14. The maximum Gasteiger partial charge on any atom is 0.509 e. The minimum atomic E-state index is -5.18. The third kappa shape index (κ3) is 4.80. The lowest BCUT2D eigenvalue weighted by atomic mass is 9.75. The van der Waals surface area contributed by atoms with Gasteiger partial charge in [-0.1, -0.05) is 60.2 Å². The summed E-state index contributed by atoms with van der Waals surface area (Å²) in [6, 6.07) is 19.1. The molecule has 5 rings (SSSR count). The maximum atomic E-state index is 13.8. The van der Waals surface area contributed by atoms with Gasteiger partial charge in [-0.3, -0.25) is 0 Å². The third-order valence-electron chi connectivity index (χ3n) is 7.14. The number of alkyl carbamates (subject to hydrolysis) is 1. The van der Waals surface area contributed by atoms with Gasteiger partial charge in [0.2, 0.25) is 0 Å². The van der Waals surface area contributed by atoms with E-state index in [2.05, 4.69) is 22.8 Å². The Morgan fingerprint density at radius 2 is 1.64 bits per heavy atom. The first kappa shape index (κ1) is 24.2. The van der Waals surface area contributed by atoms with E-state index in [1.165, 1.54) is 13.0 Å². The van der Waals surface area contributed by atoms with Crippen molar-refractivity contribution in [3.8, 4) is 11.1 Å². The van der Waals surface area contributed by atoms with E-state index >= 15 is 0 Å². The molecule has 9 heteroatoms. The number of hydrogen-bond acceptors (Lipinski definition) is 4. The van der Waals surface area contributed by atoms with Crippen LogP contribution in [0.15, 0.2) is 60.7 Å². The Bertz CT molecular complexity index is 1230. The zero-order chi connectivity index (χ0) is 25.3. The minimum Gasteiger partial charge on any atom is -0.449 e. The SMILES string of the molecule is Cc1c(CNC(=O)OCC2c3ccccc3-c3ccccc32)cc(N2CCNCC2)cc1[B-](F)(F)F. The van der Waals surface area contributed by atoms with E-state index in [0.717, 1.165) is 22.3 Å². The summed E-state index contributed by atoms with van der Waals surface area (Å²) < 4.78 is 47.0. The van der Waals surface area contributed by atoms with Gasteiger partial charge in [-0.25, -0.2) is 4.79 Å². The van der Waals surface area contributed by atoms with Crippen LogP contribution in [-0.4, -0.2) is 45.9 Å². The quantitative estimate of drug-likeness (QED) is 0.496. The van der Waals surface area contributed by atoms with E-state index < -0.39 is 18.5 Å². The molecule has 1 amide bonds. The highest BCUT2D eigenvalue weighted by Crippen LogP contribution is 2.44. The smallest absolute Gasteiger partial charge is 0.449 e. The van der Waals surface area contributed by atoms with E-state index in [-0.39, 0.29) is 24.6 Å². The summed E-state index contributed by atoms with van der Waals surface area (Å²) >= 11 is 0. The van der Waals surface area contributed by atoms with Gasteiger partial charge < -0.3 is 33.2 Å². The predicted octanol–water partition coefficient (Wildman–Crippen LogP) is 4.50. The van der Waals surface area contributed by atoms with Crippen LogP contribution in [0.3, 0.4) is 0 Å². The highest BCUT2D eigenvalue weighted by molar-refractivity contribution is 6.74. The minimum absolute atomic E-state index is 0.0401. The van der Waals surface area contributed by atoms with Crippen LogP contribution in [0.5, 0.6) is 0 Å². The fourth-order valence-corrected chi connectivity index (χ4v) is 5.23. The molecule has 5 nitrogen and oxygen atoms in total. The molecule has 0 aromatic heterocycles. The second-order valence-corrected chi connectivity index (χ2v) is 9.31. The van der Waals surface area contributed by atoms with Crippen LogP contribution >= 0.6 is 0 Å². The average Bonchev–Trinajstić information content (AvgIpc) is 3.20. The van der Waals surface area contributed by atoms with E-state index in [1.54, 1.807) is 6.07 Å². The largest absolute Gasteiger partial charge is 0.509 e. The molecule has 0 saturated carbocycles. The van der Waals surface area contributed by atoms with Crippen molar-refractivity contribution in [2.45, 2.75) is 19.4 Å². The lowest BCUT2D eigenvalue weighted by molar-refractivity contribution is 0.142. The summed E-state index contributed by atoms with van der Waals surface area (Å²) in [4.78, 5) is 14.5. The molecule has 3 aromatic carbocycles. The number of ether oxygens (including phenoxy) is 1. The van der Waals surface area contributed by atoms with Gasteiger partial charge in [0.15, 0.2) is 0 Å². The van der Waals surface area contributed by atoms with Gasteiger partial charge in [0.05, 0.1) is 0 Å². The molecular weight excluding hydrogens is 466 g/mol. The van der Waals surface area contributed by atoms with E-state index in [4.69, 9.17) is 4.74 Å². The molecule has 3 aromatic rings. The molecule has 0 radical (unpaired) electrons. The van der Waals surface area contributed by atoms with Crippen molar-refractivity contribution in [2.75, 3.05) is 37.7 Å². The molecule has 1 aliphatic heterocycles. The summed E-state index contributed by atoms with van der Waals surface area (Å²) in [6.07, 6.45) is -0.650. The van der Waals surface area contributed by atoms with Gasteiger partial charge in [0.25, 0.3) is 0 Å². The van der Waals surface area contributed by atoms with Crippen LogP contribution in [0.25, 0.3) is 11.1 Å². The van der Waals surface area contributed by atoms with Crippen LogP contribution in [0.1, 0.15) is 28.2 Å². The summed E-state index contributed by atoms with van der Waals surface area (Å²) in [5.74, 6) is -0.0829. The Morgan fingerprint density at radius 1 is 1.03 bits per heavy atom. The first-order valence-corrected chi connectivity index (χ1v) is 12.2. The molecular formula is C27H28BF3N3O2-. The van der Waals surface area contributed by atoms with Crippen LogP contribution in [0.4, 0.5) is 23.4 Å². The number of anilines is 1. The standard InChI is InChI=1S/C27H28BF3N3O2/c1-18-19(14-20(15-26(18)28(29,30)31)34-12-10-32-11-13-34)16-33-27(35)36-17-25-23-8-4-2-6-21(23)22-7-3-5-9-24(22)25/h2-9,14-15,25,32H,10-13,16-17H2,1H3,(H,33,35)/q-1. The molecule has 1 saturated heterocycles. The second-order valence-electron chi connectivity index (χ2n) is 9.31. The lowest BCUT2D eigenvalue weighted by Gasteiger charge is -2.32. The lowest BCUT2D eigenvalue weighted by Crippen LogP contribution is -2.45. The molecule has 1 fully saturated rings. The summed E-state index contributed by atoms with van der Waals surface area (Å²) in [5, 5.41) is 5.88. The van der Waals surface area contributed by atoms with Crippen molar-refractivity contribution in [2.24, 2.45) is 0 Å². The molecule has 2 N–H and O–H groups in total. The number of rotatable bonds is 6. The Kier molecular flexibility index (Phi) is 6.66. The van der Waals surface area contributed by atoms with Gasteiger partial charge in [0.1, 0.15) is 6.61 Å². The van der Waals surface area contributed by atoms with Crippen LogP contribution in [-0.2, 0) is 11.3 Å². The molecule has 0 spiro atoms. The predicted molar refractivity (Wildman–Crippen MR) is 137 cm³/mol. The van der Waals surface area contributed by atoms with Crippen molar-refractivity contribution in [1.82, 2.24) is 10.6 Å². The number of carbonyl (C=O) groups is 1. The van der Waals surface area contributed by atoms with Crippen molar-refractivity contribution in [3.05, 3.63) is 82.9 Å². The number of fused-ring (bicyclic) bond motifs is 3. The van der Waals surface area contributed by atoms with Crippen molar-refractivity contribution in [3.63, 3.8) is 0 Å². The second kappa shape index (κ2) is 9.89. The number of halogens is 3. The highest BCUT2D eigenvalue weighted by atomic mass is 19.4. The molecule has 0 bridgehead atoms. The van der Waals surface area contributed by atoms with Gasteiger partial charge in [-0.05, 0) is 40.8 Å². The fourth-order valence-electron chi connectivity index (χ4n) is 5.23. The van der Waals surface area contributed by atoms with Crippen molar-refractivity contribution in [1.29, 1.82) is 0 Å². The molecule has 0 unspecified atom stereocenters. The summed E-state index contributed by atoms with van der Waals surface area (Å²) in [7, 11) is 0. The number of carbonyl (C=O) groups excluding carboxylic acids is 1. The summed E-state index contributed by atoms with van der Waals surface area (Å²) in [5.41, 5.74) is 4.95. The van der Waals surface area contributed by atoms with Gasteiger partial charge in [-0.15, -0.1) is 5.46 Å². The Hall–Kier alpha value is -3.46.